The Morgan fingerprint density at radius 1 is 1.16 bits per heavy atom. The third-order valence-corrected chi connectivity index (χ3v) is 1.77. The van der Waals surface area contributed by atoms with Crippen LogP contribution in [0.2, 0.25) is 0 Å². The van der Waals surface area contributed by atoms with Gasteiger partial charge in [0.05, 0.1) is 0 Å². The molecule has 0 saturated heterocycles. The topological polar surface area (TPSA) is 35.5 Å². The van der Waals surface area contributed by atoms with Gasteiger partial charge < -0.3 is 9.47 Å². The van der Waals surface area contributed by atoms with E-state index in [0.717, 1.165) is 0 Å². The third kappa shape index (κ3) is 4.71. The van der Waals surface area contributed by atoms with E-state index in [4.69, 9.17) is 0 Å². The molecule has 0 bridgehead atoms. The zero-order chi connectivity index (χ0) is 15.5. The quantitative estimate of drug-likeness (QED) is 0.558. The highest BCUT2D eigenvalue weighted by Crippen LogP contribution is 2.34. The zero-order valence-corrected chi connectivity index (χ0v) is 9.24. The average Bonchev–Trinajstić information content (AvgIpc) is 2.24. The lowest BCUT2D eigenvalue weighted by Gasteiger charge is -2.27. The van der Waals surface area contributed by atoms with Gasteiger partial charge in [0.2, 0.25) is 0 Å². The third-order valence-electron chi connectivity index (χ3n) is 1.77. The van der Waals surface area contributed by atoms with Crippen LogP contribution >= 0.6 is 0 Å². The molecule has 0 aromatic carbocycles. The molecule has 1 atom stereocenters. The van der Waals surface area contributed by atoms with Crippen molar-refractivity contribution >= 4 is 6.16 Å². The Labute approximate surface area is 101 Å². The second-order valence-electron chi connectivity index (χ2n) is 3.45. The second kappa shape index (κ2) is 5.78. The van der Waals surface area contributed by atoms with E-state index in [1.54, 1.807) is 0 Å². The molecule has 0 aromatic heterocycles. The first-order valence-corrected chi connectivity index (χ1v) is 4.50. The summed E-state index contributed by atoms with van der Waals surface area (Å²) >= 11 is 0. The largest absolute Gasteiger partial charge is 0.511 e. The number of carbonyl (C=O) groups excluding carboxylic acids is 1. The van der Waals surface area contributed by atoms with E-state index in [1.807, 2.05) is 0 Å². The number of rotatable bonds is 6. The van der Waals surface area contributed by atoms with Crippen molar-refractivity contribution in [1.29, 1.82) is 0 Å². The molecule has 0 aliphatic heterocycles. The van der Waals surface area contributed by atoms with Crippen molar-refractivity contribution in [2.75, 3.05) is 13.3 Å². The molecule has 0 rings (SSSR count). The van der Waals surface area contributed by atoms with Gasteiger partial charge in [-0.05, 0) is 0 Å². The molecular weight excluding hydrogens is 296 g/mol. The smallest absolute Gasteiger partial charge is 0.428 e. The van der Waals surface area contributed by atoms with Crippen LogP contribution in [0.15, 0.2) is 0 Å². The summed E-state index contributed by atoms with van der Waals surface area (Å²) in [6, 6.07) is 0. The fourth-order valence-corrected chi connectivity index (χ4v) is 0.614. The molecule has 0 amide bonds. The Balaban J connectivity index is 4.55. The molecule has 0 fully saturated rings. The Bertz CT molecular complexity index is 316. The van der Waals surface area contributed by atoms with Crippen LogP contribution in [0.4, 0.5) is 39.9 Å². The van der Waals surface area contributed by atoms with Gasteiger partial charge >= 0.3 is 30.3 Å². The van der Waals surface area contributed by atoms with Crippen LogP contribution in [-0.4, -0.2) is 43.6 Å². The van der Waals surface area contributed by atoms with Crippen LogP contribution in [0, 0.1) is 0 Å². The Morgan fingerprint density at radius 2 is 1.63 bits per heavy atom. The molecule has 1 unspecified atom stereocenters. The maximum absolute atomic E-state index is 13.1. The summed E-state index contributed by atoms with van der Waals surface area (Å²) in [5.41, 5.74) is 0. The Hall–Kier alpha value is -1.29. The predicted molar refractivity (Wildman–Crippen MR) is 43.8 cm³/mol. The number of ether oxygens (including phenoxy) is 2. The van der Waals surface area contributed by atoms with Gasteiger partial charge in [0.15, 0.2) is 13.3 Å². The van der Waals surface area contributed by atoms with Crippen molar-refractivity contribution in [3.63, 3.8) is 0 Å². The van der Waals surface area contributed by atoms with Crippen LogP contribution in [-0.2, 0) is 9.47 Å². The Kier molecular flexibility index (Phi) is 5.39. The molecule has 0 N–H and O–H groups in total. The molecule has 11 heteroatoms. The van der Waals surface area contributed by atoms with E-state index >= 15 is 0 Å². The van der Waals surface area contributed by atoms with Gasteiger partial charge in [-0.1, -0.05) is 0 Å². The molecule has 0 aliphatic carbocycles. The summed E-state index contributed by atoms with van der Waals surface area (Å²) in [5, 5.41) is 0. The summed E-state index contributed by atoms with van der Waals surface area (Å²) in [5.74, 6) is -13.7. The monoisotopic (exact) mass is 304 g/mol. The molecule has 0 aliphatic rings. The minimum absolute atomic E-state index is 0.145. The van der Waals surface area contributed by atoms with Crippen LogP contribution < -0.4 is 0 Å². The first kappa shape index (κ1) is 17.7. The van der Waals surface area contributed by atoms with E-state index in [9.17, 15) is 39.9 Å². The van der Waals surface area contributed by atoms with Crippen molar-refractivity contribution in [3.8, 4) is 0 Å². The number of hydrogen-bond donors (Lipinski definition) is 0. The first-order valence-electron chi connectivity index (χ1n) is 4.50. The van der Waals surface area contributed by atoms with Gasteiger partial charge in [-0.3, -0.25) is 0 Å². The van der Waals surface area contributed by atoms with Gasteiger partial charge in [0.1, 0.15) is 0 Å². The highest BCUT2D eigenvalue weighted by atomic mass is 19.3. The highest BCUT2D eigenvalue weighted by molar-refractivity contribution is 5.60. The van der Waals surface area contributed by atoms with Gasteiger partial charge in [-0.15, -0.1) is 0 Å². The second-order valence-corrected chi connectivity index (χ2v) is 3.45. The number of carbonyl (C=O) groups is 1. The van der Waals surface area contributed by atoms with Crippen molar-refractivity contribution in [3.05, 3.63) is 0 Å². The van der Waals surface area contributed by atoms with Gasteiger partial charge in [0.25, 0.3) is 0 Å². The molecule has 3 nitrogen and oxygen atoms in total. The van der Waals surface area contributed by atoms with Crippen molar-refractivity contribution < 1.29 is 49.4 Å². The van der Waals surface area contributed by atoms with Crippen LogP contribution in [0.5, 0.6) is 0 Å². The molecule has 0 spiro atoms. The standard InChI is InChI=1S/C8H8F8O3/c1-6(12,13)8(16,2-9)19-5(17)18-3-7(14,15)4(10)11/h4H,2-3H2,1H3. The molecule has 0 radical (unpaired) electrons. The van der Waals surface area contributed by atoms with Crippen LogP contribution in [0.1, 0.15) is 6.92 Å². The highest BCUT2D eigenvalue weighted by Gasteiger charge is 2.56. The van der Waals surface area contributed by atoms with E-state index < -0.39 is 43.6 Å². The van der Waals surface area contributed by atoms with Gasteiger partial charge in [-0.2, -0.15) is 22.0 Å². The SMILES string of the molecule is CC(F)(F)C(F)(CF)OC(=O)OCC(F)(F)C(F)F. The van der Waals surface area contributed by atoms with Crippen molar-refractivity contribution in [1.82, 2.24) is 0 Å². The normalized spacial score (nSPS) is 16.1. The number of alkyl halides is 8. The predicted octanol–water partition coefficient (Wildman–Crippen LogP) is 3.33. The summed E-state index contributed by atoms with van der Waals surface area (Å²) in [7, 11) is 0. The maximum Gasteiger partial charge on any atom is 0.511 e. The fourth-order valence-electron chi connectivity index (χ4n) is 0.614. The minimum Gasteiger partial charge on any atom is -0.428 e. The summed E-state index contributed by atoms with van der Waals surface area (Å²) < 4.78 is 104. The van der Waals surface area contributed by atoms with E-state index in [-0.39, 0.29) is 6.92 Å². The average molecular weight is 304 g/mol. The molecular formula is C8H8F8O3. The molecule has 0 saturated carbocycles. The van der Waals surface area contributed by atoms with Crippen molar-refractivity contribution in [2.24, 2.45) is 0 Å². The molecule has 0 aromatic rings. The number of halogens is 8. The number of hydrogen-bond acceptors (Lipinski definition) is 3. The lowest BCUT2D eigenvalue weighted by molar-refractivity contribution is -0.258. The first-order chi connectivity index (χ1) is 8.35. The van der Waals surface area contributed by atoms with Crippen molar-refractivity contribution in [2.45, 2.75) is 31.0 Å². The van der Waals surface area contributed by atoms with Gasteiger partial charge in [-0.25, -0.2) is 18.0 Å². The summed E-state index contributed by atoms with van der Waals surface area (Å²) in [4.78, 5) is 10.6. The van der Waals surface area contributed by atoms with Crippen LogP contribution in [0.25, 0.3) is 0 Å². The van der Waals surface area contributed by atoms with E-state index in [1.165, 1.54) is 0 Å². The summed E-state index contributed by atoms with van der Waals surface area (Å²) in [6.45, 7) is -4.87. The maximum atomic E-state index is 13.1. The molecule has 19 heavy (non-hydrogen) atoms. The lowest BCUT2D eigenvalue weighted by Crippen LogP contribution is -2.48. The lowest BCUT2D eigenvalue weighted by atomic mass is 10.2. The van der Waals surface area contributed by atoms with E-state index in [2.05, 4.69) is 9.47 Å². The summed E-state index contributed by atoms with van der Waals surface area (Å²) in [6.07, 6.45) is -6.67. The Morgan fingerprint density at radius 3 is 1.95 bits per heavy atom. The molecule has 114 valence electrons. The van der Waals surface area contributed by atoms with Gasteiger partial charge in [0, 0.05) is 6.92 Å². The zero-order valence-electron chi connectivity index (χ0n) is 9.24. The van der Waals surface area contributed by atoms with Crippen LogP contribution in [0.3, 0.4) is 0 Å². The fraction of sp³-hybridized carbons (Fsp3) is 0.875. The minimum atomic E-state index is -4.78. The van der Waals surface area contributed by atoms with E-state index in [0.29, 0.717) is 0 Å². The molecule has 0 heterocycles.